The summed E-state index contributed by atoms with van der Waals surface area (Å²) in [6, 6.07) is 7.21. The summed E-state index contributed by atoms with van der Waals surface area (Å²) in [7, 11) is 1.52. The molecule has 82 valence electrons. The minimum Gasteiger partial charge on any atom is -0.493 e. The number of hydrogen-bond donors (Lipinski definition) is 0. The van der Waals surface area contributed by atoms with Crippen LogP contribution >= 0.6 is 0 Å². The normalized spacial score (nSPS) is 12.2. The molecular weight excluding hydrogens is 192 g/mol. The van der Waals surface area contributed by atoms with E-state index in [1.165, 1.54) is 7.11 Å². The molecule has 0 aliphatic rings. The van der Waals surface area contributed by atoms with Crippen molar-refractivity contribution in [2.24, 2.45) is 0 Å². The smallest absolute Gasteiger partial charge is 0.194 e. The minimum atomic E-state index is -0.438. The van der Waals surface area contributed by atoms with Gasteiger partial charge in [-0.25, -0.2) is 0 Å². The number of carbonyl (C=O) groups excluding carboxylic acids is 1. The molecule has 3 nitrogen and oxygen atoms in total. The predicted octanol–water partition coefficient (Wildman–Crippen LogP) is 2.30. The highest BCUT2D eigenvalue weighted by molar-refractivity contribution is 6.01. The molecule has 0 saturated heterocycles. The fourth-order valence-corrected chi connectivity index (χ4v) is 1.28. The summed E-state index contributed by atoms with van der Waals surface area (Å²) in [5.74, 6) is 0.565. The van der Waals surface area contributed by atoms with Gasteiger partial charge in [-0.05, 0) is 26.0 Å². The average molecular weight is 208 g/mol. The largest absolute Gasteiger partial charge is 0.493 e. The molecule has 0 heterocycles. The quantitative estimate of drug-likeness (QED) is 0.696. The SMILES string of the molecule is CCOc1ccccc1C(=O)C(C)OC. The van der Waals surface area contributed by atoms with Crippen LogP contribution in [0.1, 0.15) is 24.2 Å². The van der Waals surface area contributed by atoms with E-state index in [4.69, 9.17) is 9.47 Å². The van der Waals surface area contributed by atoms with Gasteiger partial charge in [0.1, 0.15) is 11.9 Å². The Morgan fingerprint density at radius 2 is 2.07 bits per heavy atom. The standard InChI is InChI=1S/C12H16O3/c1-4-15-11-8-6-5-7-10(11)12(13)9(2)14-3/h5-9H,4H2,1-3H3. The first-order chi connectivity index (χ1) is 7.20. The van der Waals surface area contributed by atoms with Gasteiger partial charge in [-0.2, -0.15) is 0 Å². The van der Waals surface area contributed by atoms with Gasteiger partial charge in [0.05, 0.1) is 12.2 Å². The zero-order chi connectivity index (χ0) is 11.3. The van der Waals surface area contributed by atoms with E-state index in [1.54, 1.807) is 19.1 Å². The summed E-state index contributed by atoms with van der Waals surface area (Å²) < 4.78 is 10.4. The molecule has 0 fully saturated rings. The number of ether oxygens (including phenoxy) is 2. The molecule has 3 heteroatoms. The van der Waals surface area contributed by atoms with Crippen molar-refractivity contribution in [2.75, 3.05) is 13.7 Å². The zero-order valence-corrected chi connectivity index (χ0v) is 9.32. The Morgan fingerprint density at radius 3 is 2.67 bits per heavy atom. The maximum atomic E-state index is 11.9. The van der Waals surface area contributed by atoms with Crippen molar-refractivity contribution in [2.45, 2.75) is 20.0 Å². The van der Waals surface area contributed by atoms with E-state index >= 15 is 0 Å². The van der Waals surface area contributed by atoms with Crippen molar-refractivity contribution in [3.05, 3.63) is 29.8 Å². The Bertz CT molecular complexity index is 333. The third-order valence-corrected chi connectivity index (χ3v) is 2.18. The maximum absolute atomic E-state index is 11.9. The summed E-state index contributed by atoms with van der Waals surface area (Å²) in [5, 5.41) is 0. The van der Waals surface area contributed by atoms with Gasteiger partial charge >= 0.3 is 0 Å². The number of methoxy groups -OCH3 is 1. The number of hydrogen-bond acceptors (Lipinski definition) is 3. The fourth-order valence-electron chi connectivity index (χ4n) is 1.28. The van der Waals surface area contributed by atoms with E-state index in [-0.39, 0.29) is 5.78 Å². The molecule has 0 aliphatic carbocycles. The van der Waals surface area contributed by atoms with Gasteiger partial charge in [0.15, 0.2) is 5.78 Å². The molecule has 0 aliphatic heterocycles. The number of benzene rings is 1. The Labute approximate surface area is 90.0 Å². The van der Waals surface area contributed by atoms with Crippen molar-refractivity contribution < 1.29 is 14.3 Å². The number of ketones is 1. The van der Waals surface area contributed by atoms with Gasteiger partial charge in [0, 0.05) is 7.11 Å². The van der Waals surface area contributed by atoms with Crippen LogP contribution in [0, 0.1) is 0 Å². The van der Waals surface area contributed by atoms with Gasteiger partial charge in [-0.3, -0.25) is 4.79 Å². The molecule has 0 spiro atoms. The lowest BCUT2D eigenvalue weighted by Gasteiger charge is -2.12. The van der Waals surface area contributed by atoms with Crippen LogP contribution < -0.4 is 4.74 Å². The van der Waals surface area contributed by atoms with E-state index in [0.29, 0.717) is 17.9 Å². The first kappa shape index (κ1) is 11.7. The van der Waals surface area contributed by atoms with Gasteiger partial charge in [-0.15, -0.1) is 0 Å². The Kier molecular flexibility index (Phi) is 4.31. The van der Waals surface area contributed by atoms with Crippen LogP contribution in [0.2, 0.25) is 0 Å². The lowest BCUT2D eigenvalue weighted by Crippen LogP contribution is -2.19. The van der Waals surface area contributed by atoms with Crippen LogP contribution in [0.25, 0.3) is 0 Å². The summed E-state index contributed by atoms with van der Waals surface area (Å²) in [6.45, 7) is 4.16. The average Bonchev–Trinajstić information content (AvgIpc) is 2.28. The Hall–Kier alpha value is -1.35. The zero-order valence-electron chi connectivity index (χ0n) is 9.32. The van der Waals surface area contributed by atoms with E-state index in [1.807, 2.05) is 19.1 Å². The molecule has 0 saturated carbocycles. The number of Topliss-reactive ketones (excluding diaryl/α,β-unsaturated/α-hetero) is 1. The van der Waals surface area contributed by atoms with Gasteiger partial charge in [0.25, 0.3) is 0 Å². The second-order valence-electron chi connectivity index (χ2n) is 3.17. The van der Waals surface area contributed by atoms with Gasteiger partial charge in [-0.1, -0.05) is 12.1 Å². The molecule has 1 aromatic carbocycles. The van der Waals surface area contributed by atoms with E-state index < -0.39 is 6.10 Å². The lowest BCUT2D eigenvalue weighted by atomic mass is 10.1. The Morgan fingerprint density at radius 1 is 1.40 bits per heavy atom. The third kappa shape index (κ3) is 2.80. The highest BCUT2D eigenvalue weighted by atomic mass is 16.5. The molecule has 1 rings (SSSR count). The molecule has 0 bridgehead atoms. The van der Waals surface area contributed by atoms with E-state index in [9.17, 15) is 4.79 Å². The summed E-state index contributed by atoms with van der Waals surface area (Å²) in [6.07, 6.45) is -0.438. The fraction of sp³-hybridized carbons (Fsp3) is 0.417. The number of rotatable bonds is 5. The maximum Gasteiger partial charge on any atom is 0.194 e. The molecule has 0 aromatic heterocycles. The third-order valence-electron chi connectivity index (χ3n) is 2.18. The van der Waals surface area contributed by atoms with Crippen molar-refractivity contribution >= 4 is 5.78 Å². The molecule has 1 unspecified atom stereocenters. The van der Waals surface area contributed by atoms with Crippen LogP contribution in [0.3, 0.4) is 0 Å². The van der Waals surface area contributed by atoms with Crippen LogP contribution in [-0.2, 0) is 4.74 Å². The molecule has 15 heavy (non-hydrogen) atoms. The van der Waals surface area contributed by atoms with Crippen LogP contribution in [0.15, 0.2) is 24.3 Å². The van der Waals surface area contributed by atoms with Crippen LogP contribution in [-0.4, -0.2) is 25.6 Å². The van der Waals surface area contributed by atoms with Gasteiger partial charge < -0.3 is 9.47 Å². The predicted molar refractivity (Wildman–Crippen MR) is 58.4 cm³/mol. The van der Waals surface area contributed by atoms with Crippen LogP contribution in [0.4, 0.5) is 0 Å². The van der Waals surface area contributed by atoms with Crippen molar-refractivity contribution in [3.63, 3.8) is 0 Å². The first-order valence-electron chi connectivity index (χ1n) is 4.99. The lowest BCUT2D eigenvalue weighted by molar-refractivity contribution is 0.0652. The monoisotopic (exact) mass is 208 g/mol. The van der Waals surface area contributed by atoms with Crippen molar-refractivity contribution in [1.82, 2.24) is 0 Å². The molecule has 1 atom stereocenters. The molecule has 0 N–H and O–H groups in total. The minimum absolute atomic E-state index is 0.0541. The highest BCUT2D eigenvalue weighted by Crippen LogP contribution is 2.20. The topological polar surface area (TPSA) is 35.5 Å². The summed E-state index contributed by atoms with van der Waals surface area (Å²) in [5.41, 5.74) is 0.578. The van der Waals surface area contributed by atoms with Gasteiger partial charge in [0.2, 0.25) is 0 Å². The molecular formula is C12H16O3. The van der Waals surface area contributed by atoms with Crippen molar-refractivity contribution in [3.8, 4) is 5.75 Å². The molecule has 1 aromatic rings. The van der Waals surface area contributed by atoms with Crippen molar-refractivity contribution in [1.29, 1.82) is 0 Å². The number of para-hydroxylation sites is 1. The van der Waals surface area contributed by atoms with E-state index in [2.05, 4.69) is 0 Å². The van der Waals surface area contributed by atoms with Crippen LogP contribution in [0.5, 0.6) is 5.75 Å². The molecule has 0 radical (unpaired) electrons. The Balaban J connectivity index is 2.96. The summed E-state index contributed by atoms with van der Waals surface area (Å²) >= 11 is 0. The second kappa shape index (κ2) is 5.51. The first-order valence-corrected chi connectivity index (χ1v) is 4.99. The second-order valence-corrected chi connectivity index (χ2v) is 3.17. The summed E-state index contributed by atoms with van der Waals surface area (Å²) in [4.78, 5) is 11.9. The van der Waals surface area contributed by atoms with E-state index in [0.717, 1.165) is 0 Å². The highest BCUT2D eigenvalue weighted by Gasteiger charge is 2.17. The molecule has 0 amide bonds. The number of carbonyl (C=O) groups is 1.